The van der Waals surface area contributed by atoms with Gasteiger partial charge in [0.2, 0.25) is 0 Å². The minimum atomic E-state index is -0.0715. The fraction of sp³-hybridized carbons (Fsp3) is 0.524. The molecule has 2 heterocycles. The van der Waals surface area contributed by atoms with E-state index in [2.05, 4.69) is 24.4 Å². The molecule has 140 valence electrons. The molecule has 2 aliphatic rings. The smallest absolute Gasteiger partial charge is 0.322 e. The molecular weight excluding hydrogens is 326 g/mol. The Balaban J connectivity index is 1.64. The van der Waals surface area contributed by atoms with Gasteiger partial charge in [-0.3, -0.25) is 4.79 Å². The van der Waals surface area contributed by atoms with Gasteiger partial charge in [-0.1, -0.05) is 31.9 Å². The molecule has 0 unspecified atom stereocenters. The first-order valence-electron chi connectivity index (χ1n) is 9.74. The molecule has 1 saturated heterocycles. The molecule has 0 aliphatic carbocycles. The van der Waals surface area contributed by atoms with Gasteiger partial charge in [-0.2, -0.15) is 0 Å². The fourth-order valence-corrected chi connectivity index (χ4v) is 3.70. The van der Waals surface area contributed by atoms with Crippen LogP contribution in [-0.2, 0) is 0 Å². The summed E-state index contributed by atoms with van der Waals surface area (Å²) in [6.45, 7) is 6.45. The van der Waals surface area contributed by atoms with Crippen LogP contribution >= 0.6 is 0 Å². The van der Waals surface area contributed by atoms with Crippen LogP contribution in [0.5, 0.6) is 0 Å². The zero-order chi connectivity index (χ0) is 18.5. The van der Waals surface area contributed by atoms with E-state index in [-0.39, 0.29) is 18.0 Å². The lowest BCUT2D eigenvalue weighted by atomic mass is 10.1. The first-order valence-corrected chi connectivity index (χ1v) is 9.74. The summed E-state index contributed by atoms with van der Waals surface area (Å²) in [5.41, 5.74) is 2.39. The number of amides is 3. The number of hydrogen-bond acceptors (Lipinski definition) is 2. The number of rotatable bonds is 5. The summed E-state index contributed by atoms with van der Waals surface area (Å²) >= 11 is 0. The van der Waals surface area contributed by atoms with Crippen LogP contribution in [0.25, 0.3) is 0 Å². The Bertz CT molecular complexity index is 692. The number of nitrogens with zero attached hydrogens (tertiary/aromatic N) is 2. The van der Waals surface area contributed by atoms with E-state index in [1.165, 1.54) is 0 Å². The predicted molar refractivity (Wildman–Crippen MR) is 104 cm³/mol. The van der Waals surface area contributed by atoms with Crippen LogP contribution < -0.4 is 5.32 Å². The number of unbranched alkanes of at least 4 members (excludes halogenated alkanes) is 1. The minimum absolute atomic E-state index is 0.0715. The van der Waals surface area contributed by atoms with E-state index in [1.807, 2.05) is 34.9 Å². The average Bonchev–Trinajstić information content (AvgIpc) is 3.32. The molecule has 3 rings (SSSR count). The summed E-state index contributed by atoms with van der Waals surface area (Å²) in [4.78, 5) is 29.0. The summed E-state index contributed by atoms with van der Waals surface area (Å²) in [6.07, 6.45) is 9.60. The molecule has 2 aliphatic heterocycles. The molecule has 0 bridgehead atoms. The van der Waals surface area contributed by atoms with Crippen molar-refractivity contribution in [1.82, 2.24) is 9.80 Å². The molecule has 1 fully saturated rings. The molecule has 0 radical (unpaired) electrons. The highest BCUT2D eigenvalue weighted by atomic mass is 16.2. The molecule has 1 aromatic rings. The number of hydrogen-bond donors (Lipinski definition) is 1. The van der Waals surface area contributed by atoms with Crippen LogP contribution in [0.1, 0.15) is 54.9 Å². The zero-order valence-electron chi connectivity index (χ0n) is 15.8. The number of urea groups is 1. The maximum absolute atomic E-state index is 12.7. The molecule has 5 heteroatoms. The molecule has 3 amide bonds. The van der Waals surface area contributed by atoms with Crippen LogP contribution in [0.4, 0.5) is 10.5 Å². The molecule has 0 aromatic heterocycles. The first-order chi connectivity index (χ1) is 12.6. The van der Waals surface area contributed by atoms with E-state index < -0.39 is 0 Å². The van der Waals surface area contributed by atoms with Crippen molar-refractivity contribution in [2.75, 3.05) is 25.0 Å². The molecule has 0 spiro atoms. The van der Waals surface area contributed by atoms with Crippen LogP contribution in [0.15, 0.2) is 30.4 Å². The second kappa shape index (κ2) is 8.39. The van der Waals surface area contributed by atoms with Gasteiger partial charge in [0.1, 0.15) is 0 Å². The van der Waals surface area contributed by atoms with E-state index in [4.69, 9.17) is 0 Å². The summed E-state index contributed by atoms with van der Waals surface area (Å²) in [6, 6.07) is 5.66. The van der Waals surface area contributed by atoms with Crippen molar-refractivity contribution in [3.05, 3.63) is 41.5 Å². The maximum Gasteiger partial charge on any atom is 0.322 e. The number of aryl methyl sites for hydroxylation is 1. The van der Waals surface area contributed by atoms with Crippen LogP contribution in [-0.4, -0.2) is 47.4 Å². The summed E-state index contributed by atoms with van der Waals surface area (Å²) in [5, 5.41) is 3.02. The largest absolute Gasteiger partial charge is 0.339 e. The van der Waals surface area contributed by atoms with Gasteiger partial charge < -0.3 is 15.1 Å². The third-order valence-corrected chi connectivity index (χ3v) is 5.28. The van der Waals surface area contributed by atoms with Crippen LogP contribution in [0.2, 0.25) is 0 Å². The number of carbonyl (C=O) groups is 2. The van der Waals surface area contributed by atoms with E-state index >= 15 is 0 Å². The van der Waals surface area contributed by atoms with Crippen molar-refractivity contribution in [3.63, 3.8) is 0 Å². The first kappa shape index (κ1) is 18.5. The highest BCUT2D eigenvalue weighted by molar-refractivity contribution is 5.96. The van der Waals surface area contributed by atoms with Gasteiger partial charge in [-0.25, -0.2) is 4.79 Å². The highest BCUT2D eigenvalue weighted by Crippen LogP contribution is 2.22. The summed E-state index contributed by atoms with van der Waals surface area (Å²) in [5.74, 6) is 0.0897. The summed E-state index contributed by atoms with van der Waals surface area (Å²) < 4.78 is 0. The van der Waals surface area contributed by atoms with E-state index in [0.29, 0.717) is 12.1 Å². The van der Waals surface area contributed by atoms with E-state index in [0.717, 1.165) is 56.4 Å². The lowest BCUT2D eigenvalue weighted by Gasteiger charge is -2.25. The maximum atomic E-state index is 12.7. The number of likely N-dealkylation sites (tertiary alicyclic amines) is 1. The lowest BCUT2D eigenvalue weighted by molar-refractivity contribution is 0.0792. The highest BCUT2D eigenvalue weighted by Gasteiger charge is 2.25. The molecule has 0 saturated carbocycles. The second-order valence-electron chi connectivity index (χ2n) is 7.25. The minimum Gasteiger partial charge on any atom is -0.339 e. The number of benzene rings is 1. The average molecular weight is 355 g/mol. The number of carbonyl (C=O) groups excluding carboxylic acids is 2. The Morgan fingerprint density at radius 1 is 1.23 bits per heavy atom. The SMILES string of the molecule is CCCC[C@H]1C=CCN1C(=O)Nc1ccc(C(=O)N2CCCC2)cc1C. The standard InChI is InChI=1S/C21H29N3O2/c1-3-4-8-18-9-7-14-24(18)21(26)22-19-11-10-17(15-16(19)2)20(25)23-12-5-6-13-23/h7,9-11,15,18H,3-6,8,12-14H2,1-2H3,(H,22,26)/t18-/m0/s1. The Morgan fingerprint density at radius 2 is 2.00 bits per heavy atom. The third kappa shape index (κ3) is 4.09. The fourth-order valence-electron chi connectivity index (χ4n) is 3.70. The van der Waals surface area contributed by atoms with Crippen molar-refractivity contribution < 1.29 is 9.59 Å². The van der Waals surface area contributed by atoms with Crippen molar-refractivity contribution in [2.24, 2.45) is 0 Å². The van der Waals surface area contributed by atoms with Crippen molar-refractivity contribution >= 4 is 17.6 Å². The molecule has 1 atom stereocenters. The predicted octanol–water partition coefficient (Wildman–Crippen LogP) is 4.19. The monoisotopic (exact) mass is 355 g/mol. The molecule has 5 nitrogen and oxygen atoms in total. The summed E-state index contributed by atoms with van der Waals surface area (Å²) in [7, 11) is 0. The van der Waals surface area contributed by atoms with Gasteiger partial charge in [0.05, 0.1) is 6.04 Å². The Labute approximate surface area is 156 Å². The third-order valence-electron chi connectivity index (χ3n) is 5.28. The number of nitrogens with one attached hydrogen (secondary N) is 1. The quantitative estimate of drug-likeness (QED) is 0.805. The topological polar surface area (TPSA) is 52.7 Å². The van der Waals surface area contributed by atoms with Gasteiger partial charge in [0.15, 0.2) is 0 Å². The molecule has 1 aromatic carbocycles. The lowest BCUT2D eigenvalue weighted by Crippen LogP contribution is -2.39. The Kier molecular flexibility index (Phi) is 5.96. The van der Waals surface area contributed by atoms with Crippen molar-refractivity contribution in [3.8, 4) is 0 Å². The van der Waals surface area contributed by atoms with Crippen molar-refractivity contribution in [1.29, 1.82) is 0 Å². The van der Waals surface area contributed by atoms with Gasteiger partial charge in [0.25, 0.3) is 5.91 Å². The van der Waals surface area contributed by atoms with Gasteiger partial charge in [-0.05, 0) is 49.9 Å². The van der Waals surface area contributed by atoms with Gasteiger partial charge in [-0.15, -0.1) is 0 Å². The van der Waals surface area contributed by atoms with Gasteiger partial charge >= 0.3 is 6.03 Å². The molecular formula is C21H29N3O2. The van der Waals surface area contributed by atoms with Crippen LogP contribution in [0.3, 0.4) is 0 Å². The normalized spacial score (nSPS) is 19.2. The number of anilines is 1. The van der Waals surface area contributed by atoms with E-state index in [9.17, 15) is 9.59 Å². The van der Waals surface area contributed by atoms with Gasteiger partial charge in [0, 0.05) is 30.9 Å². The zero-order valence-corrected chi connectivity index (χ0v) is 15.8. The second-order valence-corrected chi connectivity index (χ2v) is 7.25. The van der Waals surface area contributed by atoms with Crippen LogP contribution in [0, 0.1) is 6.92 Å². The molecule has 26 heavy (non-hydrogen) atoms. The van der Waals surface area contributed by atoms with E-state index in [1.54, 1.807) is 0 Å². The Morgan fingerprint density at radius 3 is 2.69 bits per heavy atom. The Hall–Kier alpha value is -2.30. The van der Waals surface area contributed by atoms with Crippen molar-refractivity contribution in [2.45, 2.75) is 52.0 Å². The molecule has 1 N–H and O–H groups in total.